The van der Waals surface area contributed by atoms with Crippen LogP contribution in [-0.4, -0.2) is 62.7 Å². The van der Waals surface area contributed by atoms with Gasteiger partial charge in [-0.3, -0.25) is 9.69 Å². The number of ether oxygens (including phenoxy) is 1. The molecule has 3 rings (SSSR count). The Morgan fingerprint density at radius 1 is 1.30 bits per heavy atom. The van der Waals surface area contributed by atoms with Crippen LogP contribution in [0.4, 0.5) is 5.95 Å². The maximum absolute atomic E-state index is 10.6. The summed E-state index contributed by atoms with van der Waals surface area (Å²) in [4.78, 5) is 17.5. The number of thioether (sulfide) groups is 1. The maximum atomic E-state index is 10.6. The molecule has 2 aromatic rings. The number of nitrogens with zero attached hydrogens (tertiary/aromatic N) is 4. The second-order valence-corrected chi connectivity index (χ2v) is 8.46. The van der Waals surface area contributed by atoms with Gasteiger partial charge in [0.15, 0.2) is 5.82 Å². The van der Waals surface area contributed by atoms with Crippen molar-refractivity contribution in [1.82, 2.24) is 19.7 Å². The minimum Gasteiger partial charge on any atom is -0.494 e. The monoisotopic (exact) mass is 433 g/mol. The summed E-state index contributed by atoms with van der Waals surface area (Å²) in [5, 5.41) is 16.3. The lowest BCUT2D eigenvalue weighted by Gasteiger charge is -2.26. The van der Waals surface area contributed by atoms with Crippen LogP contribution in [0.1, 0.15) is 37.1 Å². The number of aromatic nitrogens is 3. The highest BCUT2D eigenvalue weighted by Crippen LogP contribution is 2.18. The highest BCUT2D eigenvalue weighted by Gasteiger charge is 2.11. The lowest BCUT2D eigenvalue weighted by Crippen LogP contribution is -2.29. The average Bonchev–Trinajstić information content (AvgIpc) is 3.08. The molecule has 1 aliphatic heterocycles. The van der Waals surface area contributed by atoms with Crippen molar-refractivity contribution >= 4 is 23.7 Å². The normalized spacial score (nSPS) is 14.6. The summed E-state index contributed by atoms with van der Waals surface area (Å²) in [6, 6.07) is 8.39. The third kappa shape index (κ3) is 7.53. The van der Waals surface area contributed by atoms with E-state index in [1.807, 2.05) is 13.1 Å². The quantitative estimate of drug-likeness (QED) is 0.494. The zero-order valence-corrected chi connectivity index (χ0v) is 18.4. The Hall–Kier alpha value is -2.26. The summed E-state index contributed by atoms with van der Waals surface area (Å²) in [6.07, 6.45) is 4.80. The molecule has 2 N–H and O–H groups in total. The maximum Gasteiger partial charge on any atom is 0.313 e. The van der Waals surface area contributed by atoms with E-state index in [1.54, 1.807) is 4.68 Å². The number of aliphatic carboxylic acids is 1. The number of likely N-dealkylation sites (tertiary alicyclic amines) is 1. The molecule has 1 aromatic heterocycles. The fourth-order valence-corrected chi connectivity index (χ4v) is 4.04. The van der Waals surface area contributed by atoms with Crippen LogP contribution >= 0.6 is 11.8 Å². The molecule has 0 unspecified atom stereocenters. The first-order valence-electron chi connectivity index (χ1n) is 10.5. The highest BCUT2D eigenvalue weighted by atomic mass is 32.2. The number of hydrogen-bond acceptors (Lipinski definition) is 7. The molecular weight excluding hydrogens is 402 g/mol. The van der Waals surface area contributed by atoms with Crippen LogP contribution < -0.4 is 10.1 Å². The van der Waals surface area contributed by atoms with Gasteiger partial charge in [-0.2, -0.15) is 10.1 Å². The first-order chi connectivity index (χ1) is 14.6. The number of nitrogens with one attached hydrogen (secondary N) is 1. The predicted octanol–water partition coefficient (Wildman–Crippen LogP) is 3.00. The number of carboxylic acid groups (broad SMARTS) is 1. The number of hydrogen-bond donors (Lipinski definition) is 2. The third-order valence-electron chi connectivity index (χ3n) is 4.89. The molecule has 8 nitrogen and oxygen atoms in total. The number of rotatable bonds is 12. The molecular formula is C21H31N5O3S. The molecule has 30 heavy (non-hydrogen) atoms. The van der Waals surface area contributed by atoms with Crippen LogP contribution in [0.5, 0.6) is 5.75 Å². The largest absolute Gasteiger partial charge is 0.494 e. The zero-order valence-electron chi connectivity index (χ0n) is 17.5. The molecule has 2 heterocycles. The Bertz CT molecular complexity index is 808. The van der Waals surface area contributed by atoms with E-state index in [2.05, 4.69) is 38.5 Å². The van der Waals surface area contributed by atoms with Crippen molar-refractivity contribution in [3.63, 3.8) is 0 Å². The van der Waals surface area contributed by atoms with E-state index in [-0.39, 0.29) is 5.75 Å². The fourth-order valence-electron chi connectivity index (χ4n) is 3.45. The summed E-state index contributed by atoms with van der Waals surface area (Å²) in [5.74, 6) is 1.95. The summed E-state index contributed by atoms with van der Waals surface area (Å²) < 4.78 is 7.61. The molecule has 0 radical (unpaired) electrons. The summed E-state index contributed by atoms with van der Waals surface area (Å²) >= 11 is 1.29. The third-order valence-corrected chi connectivity index (χ3v) is 5.80. The minimum atomic E-state index is -0.827. The van der Waals surface area contributed by atoms with E-state index in [1.165, 1.54) is 49.7 Å². The van der Waals surface area contributed by atoms with Crippen molar-refractivity contribution in [2.45, 2.75) is 38.0 Å². The van der Waals surface area contributed by atoms with Gasteiger partial charge in [0.1, 0.15) is 5.75 Å². The van der Waals surface area contributed by atoms with Crippen LogP contribution in [0.3, 0.4) is 0 Å². The Kier molecular flexibility index (Phi) is 8.82. The van der Waals surface area contributed by atoms with Gasteiger partial charge < -0.3 is 15.2 Å². The number of anilines is 1. The first-order valence-corrected chi connectivity index (χ1v) is 11.6. The Balaban J connectivity index is 1.35. The van der Waals surface area contributed by atoms with Gasteiger partial charge in [0, 0.05) is 20.1 Å². The van der Waals surface area contributed by atoms with Crippen LogP contribution in [0.25, 0.3) is 0 Å². The van der Waals surface area contributed by atoms with E-state index in [0.717, 1.165) is 25.3 Å². The van der Waals surface area contributed by atoms with Gasteiger partial charge >= 0.3 is 5.97 Å². The molecule has 0 amide bonds. The van der Waals surface area contributed by atoms with Gasteiger partial charge in [0.25, 0.3) is 0 Å². The van der Waals surface area contributed by atoms with Crippen molar-refractivity contribution in [2.75, 3.05) is 37.3 Å². The second kappa shape index (κ2) is 11.8. The second-order valence-electron chi connectivity index (χ2n) is 7.47. The van der Waals surface area contributed by atoms with E-state index in [4.69, 9.17) is 9.84 Å². The molecule has 1 fully saturated rings. The van der Waals surface area contributed by atoms with Crippen LogP contribution in [0.2, 0.25) is 0 Å². The Labute approximate surface area is 182 Å². The summed E-state index contributed by atoms with van der Waals surface area (Å²) in [6.45, 7) is 4.73. The molecule has 0 atom stereocenters. The molecule has 0 saturated carbocycles. The van der Waals surface area contributed by atoms with Crippen molar-refractivity contribution in [3.8, 4) is 5.75 Å². The zero-order chi connectivity index (χ0) is 21.2. The topological polar surface area (TPSA) is 92.5 Å². The Morgan fingerprint density at radius 3 is 2.93 bits per heavy atom. The van der Waals surface area contributed by atoms with E-state index < -0.39 is 5.97 Å². The van der Waals surface area contributed by atoms with E-state index in [9.17, 15) is 4.79 Å². The highest BCUT2D eigenvalue weighted by molar-refractivity contribution is 7.99. The molecule has 1 aromatic carbocycles. The number of carboxylic acids is 1. The molecule has 164 valence electrons. The lowest BCUT2D eigenvalue weighted by atomic mass is 10.1. The van der Waals surface area contributed by atoms with Crippen molar-refractivity contribution in [1.29, 1.82) is 0 Å². The number of aryl methyl sites for hydroxylation is 1. The summed E-state index contributed by atoms with van der Waals surface area (Å²) in [7, 11) is 1.82. The van der Waals surface area contributed by atoms with E-state index in [0.29, 0.717) is 24.1 Å². The van der Waals surface area contributed by atoms with Crippen LogP contribution in [0, 0.1) is 0 Å². The number of piperidine rings is 1. The van der Waals surface area contributed by atoms with Crippen LogP contribution in [-0.2, 0) is 24.1 Å². The lowest BCUT2D eigenvalue weighted by molar-refractivity contribution is -0.133. The van der Waals surface area contributed by atoms with Gasteiger partial charge in [-0.1, -0.05) is 18.6 Å². The molecule has 1 saturated heterocycles. The van der Waals surface area contributed by atoms with Gasteiger partial charge in [-0.05, 0) is 50.0 Å². The molecule has 9 heteroatoms. The van der Waals surface area contributed by atoms with Gasteiger partial charge in [-0.25, -0.2) is 4.68 Å². The van der Waals surface area contributed by atoms with Crippen molar-refractivity contribution in [3.05, 3.63) is 35.7 Å². The smallest absolute Gasteiger partial charge is 0.313 e. The van der Waals surface area contributed by atoms with Gasteiger partial charge in [0.05, 0.1) is 18.1 Å². The van der Waals surface area contributed by atoms with Crippen molar-refractivity contribution in [2.24, 2.45) is 7.05 Å². The SMILES string of the molecule is Cn1nc(CSCC(=O)O)nc1NCCCOc1cccc(CN2CCCCC2)c1. The molecule has 0 spiro atoms. The van der Waals surface area contributed by atoms with Gasteiger partial charge in [-0.15, -0.1) is 11.8 Å². The standard InChI is InChI=1S/C21H31N5O3S/c1-25-21(23-19(24-25)15-30-16-20(27)28)22-9-6-12-29-18-8-5-7-17(13-18)14-26-10-3-2-4-11-26/h5,7-8,13H,2-4,6,9-12,14-16H2,1H3,(H,27,28)(H,22,23,24). The fraction of sp³-hybridized carbons (Fsp3) is 0.571. The average molecular weight is 434 g/mol. The molecule has 1 aliphatic rings. The molecule has 0 bridgehead atoms. The minimum absolute atomic E-state index is 0.0532. The summed E-state index contributed by atoms with van der Waals surface area (Å²) in [5.41, 5.74) is 1.31. The van der Waals surface area contributed by atoms with Gasteiger partial charge in [0.2, 0.25) is 5.95 Å². The van der Waals surface area contributed by atoms with Crippen molar-refractivity contribution < 1.29 is 14.6 Å². The first kappa shape index (κ1) is 22.4. The number of carbonyl (C=O) groups is 1. The predicted molar refractivity (Wildman–Crippen MR) is 119 cm³/mol. The van der Waals surface area contributed by atoms with Crippen LogP contribution in [0.15, 0.2) is 24.3 Å². The van der Waals surface area contributed by atoms with E-state index >= 15 is 0 Å². The number of benzene rings is 1. The Morgan fingerprint density at radius 2 is 2.13 bits per heavy atom. The molecule has 0 aliphatic carbocycles.